The smallest absolute Gasteiger partial charge is 0.227 e. The summed E-state index contributed by atoms with van der Waals surface area (Å²) in [7, 11) is 5.77. The van der Waals surface area contributed by atoms with Gasteiger partial charge in [0.1, 0.15) is 18.1 Å². The molecule has 3 heterocycles. The lowest BCUT2D eigenvalue weighted by molar-refractivity contribution is 0.134. The molecule has 1 saturated heterocycles. The van der Waals surface area contributed by atoms with Gasteiger partial charge in [-0.05, 0) is 37.4 Å². The van der Waals surface area contributed by atoms with Crippen molar-refractivity contribution in [1.29, 1.82) is 0 Å². The minimum atomic E-state index is 0.393. The highest BCUT2D eigenvalue weighted by molar-refractivity contribution is 6.33. The fourth-order valence-corrected chi connectivity index (χ4v) is 4.76. The van der Waals surface area contributed by atoms with Crippen LogP contribution in [0.5, 0.6) is 11.5 Å². The zero-order chi connectivity index (χ0) is 25.9. The van der Waals surface area contributed by atoms with Crippen molar-refractivity contribution >= 4 is 39.8 Å². The van der Waals surface area contributed by atoms with Gasteiger partial charge in [-0.25, -0.2) is 9.97 Å². The van der Waals surface area contributed by atoms with Gasteiger partial charge in [-0.2, -0.15) is 0 Å². The molecule has 3 N–H and O–H groups in total. The standard InChI is InChI=1S/C27H32ClN7O2/c1-33-8-10-35(11-9-33)12-13-37-19-5-6-20-21(17-34(2)24(20)15-19)26-22(28)16-30-27(32-26)31-23-14-18(29)4-7-25(23)36-3/h4-7,14-17H,8-13,29H2,1-3H3,(H,30,31,32). The third-order valence-electron chi connectivity index (χ3n) is 6.70. The SMILES string of the molecule is COc1ccc(N)cc1Nc1ncc(Cl)c(-c2cn(C)c3cc(OCCN4CCN(C)CC4)ccc23)n1. The Labute approximate surface area is 221 Å². The summed E-state index contributed by atoms with van der Waals surface area (Å²) in [5, 5.41) is 4.69. The predicted molar refractivity (Wildman–Crippen MR) is 149 cm³/mol. The average Bonchev–Trinajstić information content (AvgIpc) is 3.22. The van der Waals surface area contributed by atoms with Gasteiger partial charge in [0.05, 0.1) is 35.2 Å². The summed E-state index contributed by atoms with van der Waals surface area (Å²) < 4.78 is 13.6. The summed E-state index contributed by atoms with van der Waals surface area (Å²) in [6.07, 6.45) is 3.62. The molecule has 0 aliphatic carbocycles. The minimum absolute atomic E-state index is 0.393. The molecule has 37 heavy (non-hydrogen) atoms. The van der Waals surface area contributed by atoms with Crippen LogP contribution in [-0.2, 0) is 7.05 Å². The number of hydrogen-bond donors (Lipinski definition) is 2. The zero-order valence-corrected chi connectivity index (χ0v) is 22.1. The highest BCUT2D eigenvalue weighted by Gasteiger charge is 2.17. The first-order chi connectivity index (χ1) is 17.9. The lowest BCUT2D eigenvalue weighted by Crippen LogP contribution is -2.45. The molecule has 0 saturated carbocycles. The van der Waals surface area contributed by atoms with Crippen LogP contribution in [0, 0.1) is 0 Å². The third kappa shape index (κ3) is 5.58. The fourth-order valence-electron chi connectivity index (χ4n) is 4.57. The molecule has 0 radical (unpaired) electrons. The molecule has 4 aromatic rings. The lowest BCUT2D eigenvalue weighted by atomic mass is 10.1. The first kappa shape index (κ1) is 25.1. The van der Waals surface area contributed by atoms with Crippen LogP contribution in [-0.4, -0.2) is 77.8 Å². The van der Waals surface area contributed by atoms with Crippen molar-refractivity contribution in [2.45, 2.75) is 0 Å². The molecule has 9 nitrogen and oxygen atoms in total. The Bertz CT molecular complexity index is 1400. The van der Waals surface area contributed by atoms with Gasteiger partial charge in [0.25, 0.3) is 0 Å². The van der Waals surface area contributed by atoms with Crippen LogP contribution in [0.25, 0.3) is 22.2 Å². The Balaban J connectivity index is 1.36. The summed E-state index contributed by atoms with van der Waals surface area (Å²) in [6, 6.07) is 11.5. The number of hydrogen-bond acceptors (Lipinski definition) is 8. The number of piperazine rings is 1. The fraction of sp³-hybridized carbons (Fsp3) is 0.333. The minimum Gasteiger partial charge on any atom is -0.495 e. The molecule has 0 unspecified atom stereocenters. The van der Waals surface area contributed by atoms with Gasteiger partial charge in [0.15, 0.2) is 0 Å². The molecular weight excluding hydrogens is 490 g/mol. The van der Waals surface area contributed by atoms with Gasteiger partial charge >= 0.3 is 0 Å². The van der Waals surface area contributed by atoms with Crippen LogP contribution < -0.4 is 20.5 Å². The Kier molecular flexibility index (Phi) is 7.36. The summed E-state index contributed by atoms with van der Waals surface area (Å²) in [6.45, 7) is 5.96. The molecule has 194 valence electrons. The number of likely N-dealkylation sites (N-methyl/N-ethyl adjacent to an activating group) is 1. The summed E-state index contributed by atoms with van der Waals surface area (Å²) >= 11 is 6.57. The number of nitrogens with zero attached hydrogens (tertiary/aromatic N) is 5. The topological polar surface area (TPSA) is 93.7 Å². The van der Waals surface area contributed by atoms with E-state index in [-0.39, 0.29) is 0 Å². The van der Waals surface area contributed by atoms with Crippen molar-refractivity contribution in [3.05, 3.63) is 53.8 Å². The number of nitrogens with two attached hydrogens (primary N) is 1. The Morgan fingerprint density at radius 2 is 1.89 bits per heavy atom. The zero-order valence-electron chi connectivity index (χ0n) is 21.4. The van der Waals surface area contributed by atoms with E-state index < -0.39 is 0 Å². The Morgan fingerprint density at radius 1 is 1.08 bits per heavy atom. The third-order valence-corrected chi connectivity index (χ3v) is 6.98. The van der Waals surface area contributed by atoms with Crippen molar-refractivity contribution in [2.24, 2.45) is 7.05 Å². The predicted octanol–water partition coefficient (Wildman–Crippen LogP) is 4.25. The van der Waals surface area contributed by atoms with Crippen LogP contribution in [0.2, 0.25) is 5.02 Å². The lowest BCUT2D eigenvalue weighted by Gasteiger charge is -2.32. The largest absolute Gasteiger partial charge is 0.495 e. The normalized spacial score (nSPS) is 14.7. The number of ether oxygens (including phenoxy) is 2. The number of nitrogen functional groups attached to an aromatic ring is 1. The van der Waals surface area contributed by atoms with E-state index in [4.69, 9.17) is 31.8 Å². The second-order valence-electron chi connectivity index (χ2n) is 9.30. The molecule has 10 heteroatoms. The Hall–Kier alpha value is -3.53. The highest BCUT2D eigenvalue weighted by atomic mass is 35.5. The number of nitrogens with one attached hydrogen (secondary N) is 1. The van der Waals surface area contributed by atoms with Crippen LogP contribution in [0.1, 0.15) is 0 Å². The van der Waals surface area contributed by atoms with Crippen LogP contribution in [0.15, 0.2) is 48.8 Å². The summed E-state index contributed by atoms with van der Waals surface area (Å²) in [4.78, 5) is 13.9. The van der Waals surface area contributed by atoms with E-state index in [1.807, 2.05) is 19.3 Å². The monoisotopic (exact) mass is 521 g/mol. The molecule has 0 bridgehead atoms. The van der Waals surface area contributed by atoms with E-state index in [1.165, 1.54) is 0 Å². The molecule has 2 aromatic carbocycles. The average molecular weight is 522 g/mol. The van der Waals surface area contributed by atoms with Gasteiger partial charge in [0, 0.05) is 68.7 Å². The number of anilines is 3. The van der Waals surface area contributed by atoms with Crippen molar-refractivity contribution in [3.8, 4) is 22.8 Å². The number of benzene rings is 2. The molecule has 1 aliphatic heterocycles. The van der Waals surface area contributed by atoms with E-state index in [2.05, 4.69) is 43.8 Å². The second kappa shape index (κ2) is 10.8. The van der Waals surface area contributed by atoms with Gasteiger partial charge in [-0.1, -0.05) is 11.6 Å². The van der Waals surface area contributed by atoms with Gasteiger partial charge in [-0.3, -0.25) is 4.90 Å². The summed E-state index contributed by atoms with van der Waals surface area (Å²) in [5.74, 6) is 1.88. The molecule has 2 aromatic heterocycles. The molecule has 0 amide bonds. The van der Waals surface area contributed by atoms with Crippen molar-refractivity contribution < 1.29 is 9.47 Å². The maximum absolute atomic E-state index is 6.57. The van der Waals surface area contributed by atoms with Crippen molar-refractivity contribution in [3.63, 3.8) is 0 Å². The first-order valence-electron chi connectivity index (χ1n) is 12.3. The quantitative estimate of drug-likeness (QED) is 0.332. The van der Waals surface area contributed by atoms with E-state index in [9.17, 15) is 0 Å². The van der Waals surface area contributed by atoms with E-state index in [1.54, 1.807) is 31.5 Å². The molecule has 5 rings (SSSR count). The van der Waals surface area contributed by atoms with Crippen LogP contribution in [0.3, 0.4) is 0 Å². The number of fused-ring (bicyclic) bond motifs is 1. The molecule has 0 spiro atoms. The van der Waals surface area contributed by atoms with Crippen molar-refractivity contribution in [2.75, 3.05) is 64.5 Å². The Morgan fingerprint density at radius 3 is 2.68 bits per heavy atom. The van der Waals surface area contributed by atoms with Gasteiger partial charge in [0.2, 0.25) is 5.95 Å². The van der Waals surface area contributed by atoms with E-state index >= 15 is 0 Å². The number of aromatic nitrogens is 3. The number of rotatable bonds is 8. The van der Waals surface area contributed by atoms with Gasteiger partial charge in [-0.15, -0.1) is 0 Å². The number of halogens is 1. The number of methoxy groups -OCH3 is 1. The molecule has 1 aliphatic rings. The van der Waals surface area contributed by atoms with E-state index in [0.717, 1.165) is 54.9 Å². The second-order valence-corrected chi connectivity index (χ2v) is 9.71. The van der Waals surface area contributed by atoms with Crippen LogP contribution >= 0.6 is 11.6 Å². The highest BCUT2D eigenvalue weighted by Crippen LogP contribution is 2.36. The van der Waals surface area contributed by atoms with Crippen LogP contribution in [0.4, 0.5) is 17.3 Å². The molecular formula is C27H32ClN7O2. The van der Waals surface area contributed by atoms with E-state index in [0.29, 0.717) is 40.4 Å². The maximum atomic E-state index is 6.57. The van der Waals surface area contributed by atoms with Gasteiger partial charge < -0.3 is 30.0 Å². The first-order valence-corrected chi connectivity index (χ1v) is 12.7. The summed E-state index contributed by atoms with van der Waals surface area (Å²) in [5.41, 5.74) is 9.82. The molecule has 0 atom stereocenters. The van der Waals surface area contributed by atoms with Crippen molar-refractivity contribution in [1.82, 2.24) is 24.3 Å². The number of aryl methyl sites for hydroxylation is 1. The maximum Gasteiger partial charge on any atom is 0.227 e. The molecule has 1 fully saturated rings.